The van der Waals surface area contributed by atoms with Gasteiger partial charge < -0.3 is 19.1 Å². The maximum Gasteiger partial charge on any atom is 0.357 e. The molecule has 0 radical (unpaired) electrons. The molecule has 0 amide bonds. The minimum atomic E-state index is -0.769. The molecule has 3 aromatic heterocycles. The molecule has 0 unspecified atom stereocenters. The minimum Gasteiger partial charge on any atom is -0.465 e. The molecule has 0 N–H and O–H groups in total. The summed E-state index contributed by atoms with van der Waals surface area (Å²) in [5.41, 5.74) is 2.40. The Hall–Kier alpha value is -3.38. The van der Waals surface area contributed by atoms with Crippen molar-refractivity contribution in [2.24, 2.45) is 0 Å². The van der Waals surface area contributed by atoms with Gasteiger partial charge in [0.05, 0.1) is 44.2 Å². The fourth-order valence-corrected chi connectivity index (χ4v) is 3.54. The highest BCUT2D eigenvalue weighted by Gasteiger charge is 2.31. The van der Waals surface area contributed by atoms with Gasteiger partial charge in [-0.1, -0.05) is 0 Å². The Morgan fingerprint density at radius 2 is 1.81 bits per heavy atom. The van der Waals surface area contributed by atoms with Gasteiger partial charge in [0.1, 0.15) is 17.2 Å². The molecule has 27 heavy (non-hydrogen) atoms. The van der Waals surface area contributed by atoms with Crippen molar-refractivity contribution in [3.8, 4) is 6.07 Å². The van der Waals surface area contributed by atoms with E-state index in [9.17, 15) is 14.9 Å². The second kappa shape index (κ2) is 6.41. The van der Waals surface area contributed by atoms with E-state index in [1.807, 2.05) is 6.07 Å². The highest BCUT2D eigenvalue weighted by atomic mass is 16.5. The summed E-state index contributed by atoms with van der Waals surface area (Å²) in [6.45, 7) is 2.38. The van der Waals surface area contributed by atoms with Gasteiger partial charge in [-0.05, 0) is 12.1 Å². The summed E-state index contributed by atoms with van der Waals surface area (Å²) in [4.78, 5) is 31.0. The lowest BCUT2D eigenvalue weighted by atomic mass is 10.1. The van der Waals surface area contributed by atoms with Crippen molar-refractivity contribution in [1.82, 2.24) is 9.38 Å². The van der Waals surface area contributed by atoms with Crippen molar-refractivity contribution in [2.75, 3.05) is 45.4 Å². The molecule has 9 heteroatoms. The molecule has 1 aliphatic rings. The third-order valence-electron chi connectivity index (χ3n) is 4.71. The summed E-state index contributed by atoms with van der Waals surface area (Å²) in [7, 11) is 2.44. The quantitative estimate of drug-likeness (QED) is 0.635. The second-order valence-corrected chi connectivity index (χ2v) is 6.02. The number of morpholine rings is 1. The highest BCUT2D eigenvalue weighted by Crippen LogP contribution is 2.37. The number of carbonyl (C=O) groups is 2. The smallest absolute Gasteiger partial charge is 0.357 e. The van der Waals surface area contributed by atoms with Gasteiger partial charge in [0.15, 0.2) is 11.3 Å². The molecule has 1 saturated heterocycles. The maximum atomic E-state index is 12.4. The van der Waals surface area contributed by atoms with Crippen molar-refractivity contribution in [2.45, 2.75) is 0 Å². The molecule has 1 fully saturated rings. The summed E-state index contributed by atoms with van der Waals surface area (Å²) in [5, 5.41) is 9.79. The number of nitriles is 1. The molecule has 9 nitrogen and oxygen atoms in total. The Balaban J connectivity index is 2.09. The van der Waals surface area contributed by atoms with E-state index in [1.54, 1.807) is 10.5 Å². The summed E-state index contributed by atoms with van der Waals surface area (Å²) in [6.07, 6.45) is 0. The third kappa shape index (κ3) is 2.38. The van der Waals surface area contributed by atoms with E-state index < -0.39 is 11.9 Å². The van der Waals surface area contributed by atoms with Crippen molar-refractivity contribution in [3.63, 3.8) is 0 Å². The first-order valence-electron chi connectivity index (χ1n) is 8.32. The predicted octanol–water partition coefficient (Wildman–Crippen LogP) is 1.21. The van der Waals surface area contributed by atoms with Crippen LogP contribution in [0.15, 0.2) is 12.1 Å². The zero-order valence-corrected chi connectivity index (χ0v) is 14.8. The molecule has 0 aromatic carbocycles. The number of nitrogens with zero attached hydrogens (tertiary/aromatic N) is 4. The molecular formula is C18H16N4O5. The van der Waals surface area contributed by atoms with Crippen molar-refractivity contribution < 1.29 is 23.8 Å². The van der Waals surface area contributed by atoms with E-state index >= 15 is 0 Å². The van der Waals surface area contributed by atoms with Crippen LogP contribution in [0.1, 0.15) is 26.4 Å². The van der Waals surface area contributed by atoms with Gasteiger partial charge in [-0.25, -0.2) is 14.6 Å². The van der Waals surface area contributed by atoms with Gasteiger partial charge in [-0.2, -0.15) is 5.26 Å². The first-order valence-corrected chi connectivity index (χ1v) is 8.32. The number of rotatable bonds is 3. The van der Waals surface area contributed by atoms with E-state index in [1.165, 1.54) is 14.2 Å². The summed E-state index contributed by atoms with van der Waals surface area (Å²) >= 11 is 0. The van der Waals surface area contributed by atoms with Crippen LogP contribution in [0, 0.1) is 11.3 Å². The number of hydrogen-bond donors (Lipinski definition) is 0. The van der Waals surface area contributed by atoms with Crippen molar-refractivity contribution in [1.29, 1.82) is 5.26 Å². The van der Waals surface area contributed by atoms with Crippen LogP contribution >= 0.6 is 0 Å². The van der Waals surface area contributed by atoms with Crippen LogP contribution < -0.4 is 4.90 Å². The SMILES string of the molecule is COC(=O)c1nc2c(C#N)c(N3CCOCC3)c3ccc(c1C(=O)OC)n32. The van der Waals surface area contributed by atoms with Crippen LogP contribution in [-0.4, -0.2) is 61.8 Å². The number of anilines is 1. The average molecular weight is 368 g/mol. The molecule has 0 spiro atoms. The van der Waals surface area contributed by atoms with Gasteiger partial charge in [0, 0.05) is 13.1 Å². The van der Waals surface area contributed by atoms with Gasteiger partial charge in [-0.3, -0.25) is 4.40 Å². The molecular weight excluding hydrogens is 352 g/mol. The zero-order chi connectivity index (χ0) is 19.1. The molecule has 0 bridgehead atoms. The van der Waals surface area contributed by atoms with E-state index in [-0.39, 0.29) is 11.3 Å². The highest BCUT2D eigenvalue weighted by molar-refractivity contribution is 6.09. The monoisotopic (exact) mass is 368 g/mol. The lowest BCUT2D eigenvalue weighted by Crippen LogP contribution is -2.36. The molecule has 0 atom stereocenters. The Morgan fingerprint density at radius 1 is 1.15 bits per heavy atom. The van der Waals surface area contributed by atoms with Crippen LogP contribution in [0.4, 0.5) is 5.69 Å². The fourth-order valence-electron chi connectivity index (χ4n) is 3.54. The Morgan fingerprint density at radius 3 is 2.44 bits per heavy atom. The summed E-state index contributed by atoms with van der Waals surface area (Å²) < 4.78 is 16.7. The second-order valence-electron chi connectivity index (χ2n) is 6.02. The number of ether oxygens (including phenoxy) is 3. The first-order chi connectivity index (χ1) is 13.1. The first kappa shape index (κ1) is 17.1. The molecule has 0 aliphatic carbocycles. The van der Waals surface area contributed by atoms with Crippen LogP contribution in [0.5, 0.6) is 0 Å². The molecule has 3 aromatic rings. The van der Waals surface area contributed by atoms with Crippen molar-refractivity contribution in [3.05, 3.63) is 29.0 Å². The lowest BCUT2D eigenvalue weighted by Gasteiger charge is -2.28. The van der Waals surface area contributed by atoms with Crippen molar-refractivity contribution >= 4 is 34.3 Å². The molecule has 1 aliphatic heterocycles. The van der Waals surface area contributed by atoms with Crippen LogP contribution in [-0.2, 0) is 14.2 Å². The number of methoxy groups -OCH3 is 2. The number of esters is 2. The maximum absolute atomic E-state index is 12.4. The summed E-state index contributed by atoms with van der Waals surface area (Å²) in [5.74, 6) is -1.47. The van der Waals surface area contributed by atoms with Gasteiger partial charge in [0.2, 0.25) is 0 Å². The van der Waals surface area contributed by atoms with Gasteiger partial charge >= 0.3 is 11.9 Å². The largest absolute Gasteiger partial charge is 0.465 e. The van der Waals surface area contributed by atoms with E-state index in [0.29, 0.717) is 43.0 Å². The molecule has 4 rings (SSSR count). The molecule has 138 valence electrons. The average Bonchev–Trinajstić information content (AvgIpc) is 3.28. The standard InChI is InChI=1S/C18H16N4O5/c1-25-17(23)13-11-3-4-12-15(21-5-7-27-8-6-21)10(9-19)16(22(11)12)20-14(13)18(24)26-2/h3-4H,5-8H2,1-2H3. The van der Waals surface area contributed by atoms with Crippen LogP contribution in [0.3, 0.4) is 0 Å². The minimum absolute atomic E-state index is 0.0138. The van der Waals surface area contributed by atoms with Crippen LogP contribution in [0.2, 0.25) is 0 Å². The normalized spacial score (nSPS) is 14.5. The number of carbonyl (C=O) groups excluding carboxylic acids is 2. The van der Waals surface area contributed by atoms with Crippen LogP contribution in [0.25, 0.3) is 16.7 Å². The zero-order valence-electron chi connectivity index (χ0n) is 14.8. The predicted molar refractivity (Wildman–Crippen MR) is 94.3 cm³/mol. The number of aromatic nitrogens is 2. The van der Waals surface area contributed by atoms with E-state index in [0.717, 1.165) is 11.2 Å². The van der Waals surface area contributed by atoms with Gasteiger partial charge in [-0.15, -0.1) is 0 Å². The fraction of sp³-hybridized carbons (Fsp3) is 0.333. The number of hydrogen-bond acceptors (Lipinski definition) is 8. The molecule has 0 saturated carbocycles. The lowest BCUT2D eigenvalue weighted by molar-refractivity contribution is 0.0551. The molecule has 4 heterocycles. The van der Waals surface area contributed by atoms with E-state index in [4.69, 9.17) is 14.2 Å². The van der Waals surface area contributed by atoms with E-state index in [2.05, 4.69) is 16.0 Å². The third-order valence-corrected chi connectivity index (χ3v) is 4.71. The Bertz CT molecular complexity index is 1090. The topological polar surface area (TPSA) is 106 Å². The Labute approximate surface area is 154 Å². The summed E-state index contributed by atoms with van der Waals surface area (Å²) in [6, 6.07) is 5.72. The van der Waals surface area contributed by atoms with Gasteiger partial charge in [0.25, 0.3) is 0 Å². The Kier molecular flexibility index (Phi) is 4.05.